The number of carbonyl (C=O) groups excluding carboxylic acids is 2. The van der Waals surface area contributed by atoms with Crippen LogP contribution >= 0.6 is 0 Å². The lowest BCUT2D eigenvalue weighted by Crippen LogP contribution is -2.45. The molecule has 1 saturated heterocycles. The van der Waals surface area contributed by atoms with Crippen LogP contribution in [-0.2, 0) is 4.79 Å². The zero-order chi connectivity index (χ0) is 16.2. The summed E-state index contributed by atoms with van der Waals surface area (Å²) in [5.74, 6) is 0.650. The quantitative estimate of drug-likeness (QED) is 0.843. The van der Waals surface area contributed by atoms with Gasteiger partial charge in [0, 0.05) is 32.2 Å². The van der Waals surface area contributed by atoms with Crippen LogP contribution in [0.4, 0.5) is 11.5 Å². The minimum atomic E-state index is -0.337. The van der Waals surface area contributed by atoms with E-state index in [1.54, 1.807) is 30.2 Å². The number of aryl methyl sites for hydroxylation is 1. The second-order valence-corrected chi connectivity index (χ2v) is 5.31. The van der Waals surface area contributed by atoms with Crippen LogP contribution in [0.25, 0.3) is 0 Å². The lowest BCUT2D eigenvalue weighted by Gasteiger charge is -2.33. The fourth-order valence-electron chi connectivity index (χ4n) is 2.40. The molecular weight excluding hydrogens is 298 g/mol. The predicted octanol–water partition coefficient (Wildman–Crippen LogP) is 0.909. The molecule has 0 aliphatic carbocycles. The van der Waals surface area contributed by atoms with Crippen molar-refractivity contribution in [2.75, 3.05) is 36.4 Å². The first-order chi connectivity index (χ1) is 11.2. The monoisotopic (exact) mass is 315 g/mol. The number of nitrogens with zero attached hydrogens (tertiary/aromatic N) is 4. The molecule has 0 spiro atoms. The van der Waals surface area contributed by atoms with Gasteiger partial charge in [-0.3, -0.25) is 9.59 Å². The van der Waals surface area contributed by atoms with Crippen molar-refractivity contribution in [1.82, 2.24) is 15.0 Å². The standard InChI is InChI=1S/C15H17N5O3/c1-11-8-14(18-23-11)17-15(22)13-3-2-12(9-16-13)20-6-4-19(10-21)5-7-20/h2-3,8-10H,4-7H2,1H3,(H,17,18,22). The van der Waals surface area contributed by atoms with Crippen molar-refractivity contribution in [3.8, 4) is 0 Å². The molecule has 0 unspecified atom stereocenters. The number of aromatic nitrogens is 2. The summed E-state index contributed by atoms with van der Waals surface area (Å²) in [5.41, 5.74) is 1.24. The smallest absolute Gasteiger partial charge is 0.275 e. The van der Waals surface area contributed by atoms with Gasteiger partial charge in [0.2, 0.25) is 6.41 Å². The van der Waals surface area contributed by atoms with E-state index in [1.165, 1.54) is 0 Å². The molecular formula is C15H17N5O3. The second kappa shape index (κ2) is 6.47. The van der Waals surface area contributed by atoms with E-state index in [4.69, 9.17) is 4.52 Å². The first-order valence-corrected chi connectivity index (χ1v) is 7.31. The Morgan fingerprint density at radius 1 is 1.30 bits per heavy atom. The highest BCUT2D eigenvalue weighted by atomic mass is 16.5. The highest BCUT2D eigenvalue weighted by Crippen LogP contribution is 2.16. The molecule has 1 N–H and O–H groups in total. The fourth-order valence-corrected chi connectivity index (χ4v) is 2.40. The molecule has 8 nitrogen and oxygen atoms in total. The van der Waals surface area contributed by atoms with Gasteiger partial charge in [0.15, 0.2) is 5.82 Å². The van der Waals surface area contributed by atoms with Crippen molar-refractivity contribution in [3.63, 3.8) is 0 Å². The molecule has 1 aliphatic rings. The maximum absolute atomic E-state index is 12.1. The summed E-state index contributed by atoms with van der Waals surface area (Å²) in [4.78, 5) is 30.9. The van der Waals surface area contributed by atoms with Crippen LogP contribution in [0.15, 0.2) is 28.9 Å². The topological polar surface area (TPSA) is 91.6 Å². The van der Waals surface area contributed by atoms with Crippen LogP contribution in [-0.4, -0.2) is 53.5 Å². The van der Waals surface area contributed by atoms with Crippen molar-refractivity contribution in [2.45, 2.75) is 6.92 Å². The van der Waals surface area contributed by atoms with Crippen LogP contribution in [0.5, 0.6) is 0 Å². The van der Waals surface area contributed by atoms with Gasteiger partial charge in [0.25, 0.3) is 5.91 Å². The largest absolute Gasteiger partial charge is 0.367 e. The Morgan fingerprint density at radius 2 is 2.09 bits per heavy atom. The van der Waals surface area contributed by atoms with E-state index >= 15 is 0 Å². The third-order valence-electron chi connectivity index (χ3n) is 3.68. The normalized spacial score (nSPS) is 14.7. The molecule has 0 atom stereocenters. The van der Waals surface area contributed by atoms with Crippen molar-refractivity contribution in [2.24, 2.45) is 0 Å². The maximum atomic E-state index is 12.1. The van der Waals surface area contributed by atoms with E-state index in [1.807, 2.05) is 6.07 Å². The van der Waals surface area contributed by atoms with E-state index in [0.717, 1.165) is 25.2 Å². The molecule has 2 aromatic rings. The number of piperazine rings is 1. The zero-order valence-corrected chi connectivity index (χ0v) is 12.7. The van der Waals surface area contributed by atoms with Crippen molar-refractivity contribution in [3.05, 3.63) is 35.9 Å². The lowest BCUT2D eigenvalue weighted by atomic mass is 10.2. The molecule has 0 radical (unpaired) electrons. The summed E-state index contributed by atoms with van der Waals surface area (Å²) in [6.07, 6.45) is 2.54. The number of anilines is 2. The first kappa shape index (κ1) is 15.0. The van der Waals surface area contributed by atoms with Gasteiger partial charge in [-0.25, -0.2) is 4.98 Å². The second-order valence-electron chi connectivity index (χ2n) is 5.31. The third-order valence-corrected chi connectivity index (χ3v) is 3.68. The average molecular weight is 315 g/mol. The Kier molecular flexibility index (Phi) is 4.22. The van der Waals surface area contributed by atoms with Crippen LogP contribution in [0.2, 0.25) is 0 Å². The number of hydrogen-bond donors (Lipinski definition) is 1. The van der Waals surface area contributed by atoms with Crippen LogP contribution < -0.4 is 10.2 Å². The maximum Gasteiger partial charge on any atom is 0.275 e. The Bertz CT molecular complexity index is 689. The molecule has 0 bridgehead atoms. The summed E-state index contributed by atoms with van der Waals surface area (Å²) in [6.45, 7) is 4.64. The van der Waals surface area contributed by atoms with Crippen LogP contribution in [0.3, 0.4) is 0 Å². The molecule has 23 heavy (non-hydrogen) atoms. The van der Waals surface area contributed by atoms with Gasteiger partial charge in [-0.05, 0) is 19.1 Å². The third kappa shape index (κ3) is 3.47. The zero-order valence-electron chi connectivity index (χ0n) is 12.7. The van der Waals surface area contributed by atoms with Crippen molar-refractivity contribution < 1.29 is 14.1 Å². The summed E-state index contributed by atoms with van der Waals surface area (Å²) >= 11 is 0. The molecule has 1 aliphatic heterocycles. The van der Waals surface area contributed by atoms with E-state index < -0.39 is 0 Å². The van der Waals surface area contributed by atoms with Gasteiger partial charge < -0.3 is 19.6 Å². The van der Waals surface area contributed by atoms with Gasteiger partial charge in [-0.15, -0.1) is 0 Å². The molecule has 3 heterocycles. The Balaban J connectivity index is 1.62. The number of carbonyl (C=O) groups is 2. The van der Waals surface area contributed by atoms with Gasteiger partial charge in [-0.1, -0.05) is 5.16 Å². The van der Waals surface area contributed by atoms with Crippen LogP contribution in [0.1, 0.15) is 16.2 Å². The molecule has 8 heteroatoms. The number of amides is 2. The van der Waals surface area contributed by atoms with Gasteiger partial charge >= 0.3 is 0 Å². The minimum absolute atomic E-state index is 0.306. The molecule has 120 valence electrons. The van der Waals surface area contributed by atoms with Crippen molar-refractivity contribution in [1.29, 1.82) is 0 Å². The Morgan fingerprint density at radius 3 is 2.65 bits per heavy atom. The van der Waals surface area contributed by atoms with E-state index in [0.29, 0.717) is 30.4 Å². The molecule has 1 fully saturated rings. The number of hydrogen-bond acceptors (Lipinski definition) is 6. The Labute approximate surface area is 133 Å². The van der Waals surface area contributed by atoms with E-state index in [-0.39, 0.29) is 5.91 Å². The van der Waals surface area contributed by atoms with Gasteiger partial charge in [0.1, 0.15) is 11.5 Å². The predicted molar refractivity (Wildman–Crippen MR) is 83.3 cm³/mol. The highest BCUT2D eigenvalue weighted by Gasteiger charge is 2.17. The van der Waals surface area contributed by atoms with Crippen LogP contribution in [0, 0.1) is 6.92 Å². The number of nitrogens with one attached hydrogen (secondary N) is 1. The minimum Gasteiger partial charge on any atom is -0.367 e. The molecule has 2 amide bonds. The summed E-state index contributed by atoms with van der Waals surface area (Å²) < 4.78 is 4.90. The summed E-state index contributed by atoms with van der Waals surface area (Å²) in [5, 5.41) is 6.34. The molecule has 2 aromatic heterocycles. The van der Waals surface area contributed by atoms with E-state index in [9.17, 15) is 9.59 Å². The summed E-state index contributed by atoms with van der Waals surface area (Å²) in [6, 6.07) is 5.16. The summed E-state index contributed by atoms with van der Waals surface area (Å²) in [7, 11) is 0. The average Bonchev–Trinajstić information content (AvgIpc) is 3.00. The SMILES string of the molecule is Cc1cc(NC(=O)c2ccc(N3CCN(C=O)CC3)cn2)no1. The van der Waals surface area contributed by atoms with Crippen molar-refractivity contribution >= 4 is 23.8 Å². The van der Waals surface area contributed by atoms with E-state index in [2.05, 4.69) is 20.4 Å². The number of pyridine rings is 1. The fraction of sp³-hybridized carbons (Fsp3) is 0.333. The number of rotatable bonds is 4. The van der Waals surface area contributed by atoms with Gasteiger partial charge in [0.05, 0.1) is 11.9 Å². The van der Waals surface area contributed by atoms with Gasteiger partial charge in [-0.2, -0.15) is 0 Å². The molecule has 0 saturated carbocycles. The Hall–Kier alpha value is -2.90. The lowest BCUT2D eigenvalue weighted by molar-refractivity contribution is -0.118. The first-order valence-electron chi connectivity index (χ1n) is 7.31. The highest BCUT2D eigenvalue weighted by molar-refractivity contribution is 6.02. The molecule has 3 rings (SSSR count). The molecule has 0 aromatic carbocycles.